The number of benzene rings is 1. The molecule has 0 bridgehead atoms. The first-order valence-electron chi connectivity index (χ1n) is 5.98. The topological polar surface area (TPSA) is 46.0 Å². The molecule has 0 fully saturated rings. The third kappa shape index (κ3) is 2.31. The quantitative estimate of drug-likeness (QED) is 0.754. The van der Waals surface area contributed by atoms with Crippen LogP contribution in [-0.2, 0) is 0 Å². The fourth-order valence-corrected chi connectivity index (χ4v) is 2.03. The molecule has 2 heterocycles. The maximum atomic E-state index is 10.2. The maximum Gasteiger partial charge on any atom is 0.124 e. The molecule has 0 unspecified atom stereocenters. The van der Waals surface area contributed by atoms with Gasteiger partial charge in [0.1, 0.15) is 5.75 Å². The fourth-order valence-electron chi connectivity index (χ4n) is 2.03. The SMILES string of the molecule is Oc1cc(-c2ccncc2)ccc1-c1ccncc1. The minimum Gasteiger partial charge on any atom is -0.507 e. The lowest BCUT2D eigenvalue weighted by Gasteiger charge is -2.07. The van der Waals surface area contributed by atoms with Crippen molar-refractivity contribution in [2.24, 2.45) is 0 Å². The number of rotatable bonds is 2. The molecule has 3 heteroatoms. The predicted octanol–water partition coefficient (Wildman–Crippen LogP) is 3.52. The zero-order valence-corrected chi connectivity index (χ0v) is 10.2. The van der Waals surface area contributed by atoms with E-state index < -0.39 is 0 Å². The normalized spacial score (nSPS) is 10.3. The van der Waals surface area contributed by atoms with Crippen LogP contribution in [0.15, 0.2) is 67.3 Å². The number of aromatic hydroxyl groups is 1. The highest BCUT2D eigenvalue weighted by Crippen LogP contribution is 2.32. The predicted molar refractivity (Wildman–Crippen MR) is 74.6 cm³/mol. The molecule has 0 atom stereocenters. The number of pyridine rings is 2. The van der Waals surface area contributed by atoms with Crippen molar-refractivity contribution in [3.8, 4) is 28.0 Å². The first-order chi connectivity index (χ1) is 9.34. The summed E-state index contributed by atoms with van der Waals surface area (Å²) in [5.74, 6) is 0.264. The van der Waals surface area contributed by atoms with Crippen LogP contribution in [0.2, 0.25) is 0 Å². The van der Waals surface area contributed by atoms with Gasteiger partial charge in [0.2, 0.25) is 0 Å². The van der Waals surface area contributed by atoms with Crippen molar-refractivity contribution in [3.63, 3.8) is 0 Å². The van der Waals surface area contributed by atoms with E-state index >= 15 is 0 Å². The Bertz CT molecular complexity index is 682. The molecule has 3 nitrogen and oxygen atoms in total. The lowest BCUT2D eigenvalue weighted by molar-refractivity contribution is 0.477. The van der Waals surface area contributed by atoms with Crippen LogP contribution in [0.25, 0.3) is 22.3 Å². The van der Waals surface area contributed by atoms with Crippen molar-refractivity contribution >= 4 is 0 Å². The van der Waals surface area contributed by atoms with E-state index in [1.54, 1.807) is 30.9 Å². The average Bonchev–Trinajstić information content (AvgIpc) is 2.49. The summed E-state index contributed by atoms with van der Waals surface area (Å²) in [4.78, 5) is 7.97. The number of phenols is 1. The average molecular weight is 248 g/mol. The van der Waals surface area contributed by atoms with Gasteiger partial charge in [0.15, 0.2) is 0 Å². The number of hydrogen-bond acceptors (Lipinski definition) is 3. The molecule has 0 saturated carbocycles. The Hall–Kier alpha value is -2.68. The Balaban J connectivity index is 2.04. The zero-order chi connectivity index (χ0) is 13.1. The van der Waals surface area contributed by atoms with Gasteiger partial charge in [-0.3, -0.25) is 9.97 Å². The molecule has 19 heavy (non-hydrogen) atoms. The molecule has 0 saturated heterocycles. The van der Waals surface area contributed by atoms with E-state index in [-0.39, 0.29) is 5.75 Å². The minimum atomic E-state index is 0.264. The molecule has 0 aliphatic heterocycles. The van der Waals surface area contributed by atoms with Crippen LogP contribution < -0.4 is 0 Å². The molecule has 0 amide bonds. The van der Waals surface area contributed by atoms with Crippen molar-refractivity contribution in [2.75, 3.05) is 0 Å². The monoisotopic (exact) mass is 248 g/mol. The van der Waals surface area contributed by atoms with Gasteiger partial charge in [0.05, 0.1) is 0 Å². The molecular weight excluding hydrogens is 236 g/mol. The first-order valence-corrected chi connectivity index (χ1v) is 5.98. The van der Waals surface area contributed by atoms with Gasteiger partial charge in [-0.15, -0.1) is 0 Å². The smallest absolute Gasteiger partial charge is 0.124 e. The molecule has 92 valence electrons. The first kappa shape index (κ1) is 11.4. The van der Waals surface area contributed by atoms with Gasteiger partial charge < -0.3 is 5.11 Å². The van der Waals surface area contributed by atoms with E-state index in [0.717, 1.165) is 22.3 Å². The molecule has 1 N–H and O–H groups in total. The van der Waals surface area contributed by atoms with E-state index in [1.165, 1.54) is 0 Å². The Kier molecular flexibility index (Phi) is 2.94. The number of phenolic OH excluding ortho intramolecular Hbond substituents is 1. The van der Waals surface area contributed by atoms with Crippen LogP contribution in [0.3, 0.4) is 0 Å². The second-order valence-electron chi connectivity index (χ2n) is 4.20. The van der Waals surface area contributed by atoms with Crippen molar-refractivity contribution in [1.82, 2.24) is 9.97 Å². The van der Waals surface area contributed by atoms with Gasteiger partial charge in [-0.1, -0.05) is 12.1 Å². The second kappa shape index (κ2) is 4.90. The molecule has 0 aliphatic carbocycles. The molecule has 2 aromatic heterocycles. The summed E-state index contributed by atoms with van der Waals surface area (Å²) in [5, 5.41) is 10.2. The zero-order valence-electron chi connectivity index (χ0n) is 10.2. The van der Waals surface area contributed by atoms with E-state index in [9.17, 15) is 5.11 Å². The third-order valence-corrected chi connectivity index (χ3v) is 3.00. The summed E-state index contributed by atoms with van der Waals surface area (Å²) in [6, 6.07) is 13.3. The van der Waals surface area contributed by atoms with Gasteiger partial charge in [0, 0.05) is 30.4 Å². The van der Waals surface area contributed by atoms with Crippen molar-refractivity contribution in [1.29, 1.82) is 0 Å². The molecule has 1 aromatic carbocycles. The van der Waals surface area contributed by atoms with Crippen molar-refractivity contribution in [3.05, 3.63) is 67.3 Å². The third-order valence-electron chi connectivity index (χ3n) is 3.00. The van der Waals surface area contributed by atoms with Crippen molar-refractivity contribution < 1.29 is 5.11 Å². The Morgan fingerprint density at radius 3 is 1.79 bits per heavy atom. The standard InChI is InChI=1S/C16H12N2O/c19-16-11-14(12-3-7-17-8-4-12)1-2-15(16)13-5-9-18-10-6-13/h1-11,19H. The lowest BCUT2D eigenvalue weighted by atomic mass is 10.0. The Morgan fingerprint density at radius 2 is 1.21 bits per heavy atom. The van der Waals surface area contributed by atoms with Crippen LogP contribution in [-0.4, -0.2) is 15.1 Å². The highest BCUT2D eigenvalue weighted by atomic mass is 16.3. The lowest BCUT2D eigenvalue weighted by Crippen LogP contribution is -1.83. The van der Waals surface area contributed by atoms with Crippen LogP contribution in [0, 0.1) is 0 Å². The molecular formula is C16H12N2O. The minimum absolute atomic E-state index is 0.264. The number of hydrogen-bond donors (Lipinski definition) is 1. The van der Waals surface area contributed by atoms with E-state index in [0.29, 0.717) is 0 Å². The van der Waals surface area contributed by atoms with E-state index in [1.807, 2.05) is 36.4 Å². The Labute approximate surface area is 111 Å². The number of aromatic nitrogens is 2. The molecule has 0 spiro atoms. The van der Waals surface area contributed by atoms with E-state index in [4.69, 9.17) is 0 Å². The Morgan fingerprint density at radius 1 is 0.632 bits per heavy atom. The van der Waals surface area contributed by atoms with Gasteiger partial charge in [-0.2, -0.15) is 0 Å². The van der Waals surface area contributed by atoms with Crippen LogP contribution in [0.5, 0.6) is 5.75 Å². The highest BCUT2D eigenvalue weighted by molar-refractivity contribution is 5.75. The van der Waals surface area contributed by atoms with Gasteiger partial charge in [-0.25, -0.2) is 0 Å². The van der Waals surface area contributed by atoms with E-state index in [2.05, 4.69) is 9.97 Å². The van der Waals surface area contributed by atoms with Crippen LogP contribution in [0.4, 0.5) is 0 Å². The molecule has 0 radical (unpaired) electrons. The van der Waals surface area contributed by atoms with Gasteiger partial charge in [0.25, 0.3) is 0 Å². The summed E-state index contributed by atoms with van der Waals surface area (Å²) in [5.41, 5.74) is 3.76. The number of nitrogens with zero attached hydrogens (tertiary/aromatic N) is 2. The molecule has 3 rings (SSSR count). The second-order valence-corrected chi connectivity index (χ2v) is 4.20. The molecule has 3 aromatic rings. The van der Waals surface area contributed by atoms with Crippen molar-refractivity contribution in [2.45, 2.75) is 0 Å². The summed E-state index contributed by atoms with van der Waals surface area (Å²) in [6.07, 6.45) is 6.91. The largest absolute Gasteiger partial charge is 0.507 e. The molecule has 0 aliphatic rings. The van der Waals surface area contributed by atoms with Gasteiger partial charge >= 0.3 is 0 Å². The summed E-state index contributed by atoms with van der Waals surface area (Å²) >= 11 is 0. The van der Waals surface area contributed by atoms with Gasteiger partial charge in [-0.05, 0) is 47.0 Å². The highest BCUT2D eigenvalue weighted by Gasteiger charge is 2.06. The maximum absolute atomic E-state index is 10.2. The fraction of sp³-hybridized carbons (Fsp3) is 0. The van der Waals surface area contributed by atoms with Crippen LogP contribution in [0.1, 0.15) is 0 Å². The summed E-state index contributed by atoms with van der Waals surface area (Å²) in [7, 11) is 0. The van der Waals surface area contributed by atoms with Crippen LogP contribution >= 0.6 is 0 Å². The summed E-state index contributed by atoms with van der Waals surface area (Å²) < 4.78 is 0. The summed E-state index contributed by atoms with van der Waals surface area (Å²) in [6.45, 7) is 0.